The van der Waals surface area contributed by atoms with Gasteiger partial charge in [0.2, 0.25) is 5.91 Å². The molecule has 0 spiro atoms. The number of aromatic nitrogens is 2. The first-order chi connectivity index (χ1) is 9.47. The number of anilines is 1. The number of amides is 1. The van der Waals surface area contributed by atoms with Crippen molar-refractivity contribution in [3.05, 3.63) is 29.3 Å². The van der Waals surface area contributed by atoms with Crippen molar-refractivity contribution in [3.63, 3.8) is 0 Å². The molecule has 0 bridgehead atoms. The second-order valence-corrected chi connectivity index (χ2v) is 5.41. The molecule has 0 aliphatic carbocycles. The average molecular weight is 293 g/mol. The van der Waals surface area contributed by atoms with Crippen LogP contribution in [0.2, 0.25) is 0 Å². The Balaban J connectivity index is 1.96. The summed E-state index contributed by atoms with van der Waals surface area (Å²) in [5.74, 6) is -0.586. The van der Waals surface area contributed by atoms with E-state index in [1.807, 2.05) is 32.0 Å². The highest BCUT2D eigenvalue weighted by molar-refractivity contribution is 7.99. The van der Waals surface area contributed by atoms with Gasteiger partial charge in [0.05, 0.1) is 11.0 Å². The van der Waals surface area contributed by atoms with Crippen molar-refractivity contribution in [1.82, 2.24) is 5.27 Å². The Kier molecular flexibility index (Phi) is 4.29. The summed E-state index contributed by atoms with van der Waals surface area (Å²) >= 11 is 1.10. The Morgan fingerprint density at radius 3 is 2.85 bits per heavy atom. The van der Waals surface area contributed by atoms with E-state index in [-0.39, 0.29) is 11.7 Å². The van der Waals surface area contributed by atoms with E-state index in [9.17, 15) is 9.90 Å². The van der Waals surface area contributed by atoms with E-state index in [4.69, 9.17) is 0 Å². The van der Waals surface area contributed by atoms with Gasteiger partial charge in [0.25, 0.3) is 5.03 Å². The van der Waals surface area contributed by atoms with Gasteiger partial charge in [-0.05, 0) is 37.2 Å². The standard InChI is InChI=1S/C13H15N3O3S/c1-8-4-5-10(9(2)6-8)14-11(17)7-20-12-13(18)19-15-16(12)3/h4-6H,7H2,1-3H3,(H-,14,15,17,18). The molecule has 0 aliphatic heterocycles. The molecule has 106 valence electrons. The van der Waals surface area contributed by atoms with Gasteiger partial charge in [0, 0.05) is 5.69 Å². The highest BCUT2D eigenvalue weighted by Crippen LogP contribution is 2.22. The SMILES string of the molecule is Cc1ccc(NC(=O)CSc2c([O-])on[n+]2C)c(C)c1. The fourth-order valence-electron chi connectivity index (χ4n) is 1.73. The Morgan fingerprint density at radius 1 is 1.50 bits per heavy atom. The van der Waals surface area contributed by atoms with Crippen LogP contribution in [-0.4, -0.2) is 16.9 Å². The Morgan fingerprint density at radius 2 is 2.25 bits per heavy atom. The van der Waals surface area contributed by atoms with Gasteiger partial charge in [-0.1, -0.05) is 22.4 Å². The minimum atomic E-state index is -0.531. The van der Waals surface area contributed by atoms with E-state index in [2.05, 4.69) is 15.1 Å². The monoisotopic (exact) mass is 293 g/mol. The molecule has 2 aromatic rings. The minimum absolute atomic E-state index is 0.123. The Labute approximate surface area is 120 Å². The molecule has 0 fully saturated rings. The van der Waals surface area contributed by atoms with E-state index in [1.165, 1.54) is 4.68 Å². The number of thioether (sulfide) groups is 1. The van der Waals surface area contributed by atoms with Gasteiger partial charge < -0.3 is 14.9 Å². The average Bonchev–Trinajstić information content (AvgIpc) is 2.70. The zero-order valence-corrected chi connectivity index (χ0v) is 12.3. The number of nitrogens with one attached hydrogen (secondary N) is 1. The summed E-state index contributed by atoms with van der Waals surface area (Å²) in [6.45, 7) is 3.93. The van der Waals surface area contributed by atoms with Crippen molar-refractivity contribution in [1.29, 1.82) is 0 Å². The fourth-order valence-corrected chi connectivity index (χ4v) is 2.45. The van der Waals surface area contributed by atoms with Crippen LogP contribution in [0.15, 0.2) is 27.7 Å². The summed E-state index contributed by atoms with van der Waals surface area (Å²) in [4.78, 5) is 11.9. The van der Waals surface area contributed by atoms with Gasteiger partial charge in [0.15, 0.2) is 13.0 Å². The molecule has 20 heavy (non-hydrogen) atoms. The Bertz CT molecular complexity index is 620. The van der Waals surface area contributed by atoms with Crippen molar-refractivity contribution in [2.45, 2.75) is 18.9 Å². The van der Waals surface area contributed by atoms with E-state index in [0.29, 0.717) is 5.03 Å². The molecule has 1 aromatic carbocycles. The highest BCUT2D eigenvalue weighted by atomic mass is 32.2. The fraction of sp³-hybridized carbons (Fsp3) is 0.308. The zero-order valence-electron chi connectivity index (χ0n) is 11.5. The second-order valence-electron chi connectivity index (χ2n) is 4.44. The lowest BCUT2D eigenvalue weighted by Gasteiger charge is -2.08. The number of hydrogen-bond donors (Lipinski definition) is 1. The van der Waals surface area contributed by atoms with Crippen LogP contribution in [0.5, 0.6) is 5.95 Å². The summed E-state index contributed by atoms with van der Waals surface area (Å²) in [6.07, 6.45) is 0. The molecule has 1 N–H and O–H groups in total. The number of benzene rings is 1. The van der Waals surface area contributed by atoms with Crippen LogP contribution in [0.4, 0.5) is 5.69 Å². The maximum atomic E-state index is 11.9. The maximum absolute atomic E-state index is 11.9. The molecule has 0 unspecified atom stereocenters. The number of carbonyl (C=O) groups is 1. The third-order valence-corrected chi connectivity index (χ3v) is 3.82. The number of nitrogens with zero attached hydrogens (tertiary/aromatic N) is 2. The molecule has 0 aliphatic rings. The van der Waals surface area contributed by atoms with Gasteiger partial charge >= 0.3 is 0 Å². The van der Waals surface area contributed by atoms with Gasteiger partial charge in [-0.3, -0.25) is 4.79 Å². The molecular weight excluding hydrogens is 278 g/mol. The molecule has 2 rings (SSSR count). The maximum Gasteiger partial charge on any atom is 0.291 e. The lowest BCUT2D eigenvalue weighted by atomic mass is 10.1. The topological polar surface area (TPSA) is 82.1 Å². The molecule has 1 heterocycles. The third kappa shape index (κ3) is 3.30. The predicted molar refractivity (Wildman–Crippen MR) is 72.4 cm³/mol. The predicted octanol–water partition coefficient (Wildman–Crippen LogP) is 0.920. The van der Waals surface area contributed by atoms with Crippen molar-refractivity contribution in [3.8, 4) is 5.95 Å². The molecule has 0 atom stereocenters. The van der Waals surface area contributed by atoms with Gasteiger partial charge in [0.1, 0.15) is 0 Å². The van der Waals surface area contributed by atoms with Crippen LogP contribution in [-0.2, 0) is 11.8 Å². The van der Waals surface area contributed by atoms with Crippen LogP contribution in [0.1, 0.15) is 11.1 Å². The van der Waals surface area contributed by atoms with Gasteiger partial charge in [-0.15, -0.1) is 0 Å². The molecule has 0 saturated carbocycles. The molecule has 6 nitrogen and oxygen atoms in total. The lowest BCUT2D eigenvalue weighted by molar-refractivity contribution is -0.772. The zero-order chi connectivity index (χ0) is 14.7. The van der Waals surface area contributed by atoms with Crippen LogP contribution in [0.3, 0.4) is 0 Å². The lowest BCUT2D eigenvalue weighted by Crippen LogP contribution is -2.32. The van der Waals surface area contributed by atoms with Crippen LogP contribution >= 0.6 is 11.8 Å². The first-order valence-electron chi connectivity index (χ1n) is 6.00. The molecule has 0 radical (unpaired) electrons. The van der Waals surface area contributed by atoms with E-state index >= 15 is 0 Å². The highest BCUT2D eigenvalue weighted by Gasteiger charge is 2.16. The van der Waals surface area contributed by atoms with Crippen molar-refractivity contribution < 1.29 is 19.1 Å². The normalized spacial score (nSPS) is 10.6. The van der Waals surface area contributed by atoms with Crippen LogP contribution < -0.4 is 15.1 Å². The molecule has 0 saturated heterocycles. The summed E-state index contributed by atoms with van der Waals surface area (Å²) in [5, 5.41) is 17.9. The van der Waals surface area contributed by atoms with E-state index < -0.39 is 5.95 Å². The van der Waals surface area contributed by atoms with E-state index in [0.717, 1.165) is 28.6 Å². The van der Waals surface area contributed by atoms with Crippen molar-refractivity contribution >= 4 is 23.4 Å². The van der Waals surface area contributed by atoms with E-state index in [1.54, 1.807) is 7.05 Å². The summed E-state index contributed by atoms with van der Waals surface area (Å²) in [6, 6.07) is 5.80. The Hall–Kier alpha value is -2.02. The van der Waals surface area contributed by atoms with Crippen LogP contribution in [0.25, 0.3) is 0 Å². The second kappa shape index (κ2) is 5.96. The summed E-state index contributed by atoms with van der Waals surface area (Å²) in [5.41, 5.74) is 2.92. The number of aryl methyl sites for hydroxylation is 3. The molecule has 1 aromatic heterocycles. The van der Waals surface area contributed by atoms with Crippen molar-refractivity contribution in [2.24, 2.45) is 7.05 Å². The quantitative estimate of drug-likeness (QED) is 0.669. The minimum Gasteiger partial charge on any atom is -0.538 e. The van der Waals surface area contributed by atoms with Crippen LogP contribution in [0, 0.1) is 13.8 Å². The smallest absolute Gasteiger partial charge is 0.291 e. The third-order valence-electron chi connectivity index (χ3n) is 2.71. The summed E-state index contributed by atoms with van der Waals surface area (Å²) in [7, 11) is 1.59. The first-order valence-corrected chi connectivity index (χ1v) is 6.99. The van der Waals surface area contributed by atoms with Gasteiger partial charge in [-0.2, -0.15) is 0 Å². The number of hydrogen-bond acceptors (Lipinski definition) is 5. The first kappa shape index (κ1) is 14.4. The van der Waals surface area contributed by atoms with Crippen molar-refractivity contribution in [2.75, 3.05) is 11.1 Å². The number of rotatable bonds is 4. The molecule has 1 amide bonds. The molecular formula is C13H15N3O3S. The summed E-state index contributed by atoms with van der Waals surface area (Å²) < 4.78 is 5.80. The molecule has 7 heteroatoms. The largest absolute Gasteiger partial charge is 0.538 e. The van der Waals surface area contributed by atoms with Gasteiger partial charge in [-0.25, -0.2) is 0 Å². The number of carbonyl (C=O) groups excluding carboxylic acids is 1.